The van der Waals surface area contributed by atoms with Crippen LogP contribution in [0.2, 0.25) is 0 Å². The summed E-state index contributed by atoms with van der Waals surface area (Å²) in [7, 11) is 0. The first kappa shape index (κ1) is 11.2. The van der Waals surface area contributed by atoms with Crippen LogP contribution in [-0.4, -0.2) is 30.4 Å². The third-order valence-electron chi connectivity index (χ3n) is 2.77. The first-order valence-electron chi connectivity index (χ1n) is 5.33. The summed E-state index contributed by atoms with van der Waals surface area (Å²) in [5.74, 6) is 0.239. The summed E-state index contributed by atoms with van der Waals surface area (Å²) in [6, 6.07) is 0. The molecule has 1 atom stereocenters. The summed E-state index contributed by atoms with van der Waals surface area (Å²) < 4.78 is 0. The van der Waals surface area contributed by atoms with E-state index in [1.54, 1.807) is 0 Å². The number of nitrogens with two attached hydrogens (primary N) is 1. The van der Waals surface area contributed by atoms with E-state index in [0.717, 1.165) is 25.9 Å². The average Bonchev–Trinajstić information content (AvgIpc) is 2.19. The number of rotatable bonds is 3. The molecule has 14 heavy (non-hydrogen) atoms. The minimum absolute atomic E-state index is 0.0147. The summed E-state index contributed by atoms with van der Waals surface area (Å²) in [5, 5.41) is 0. The fraction of sp³-hybridized carbons (Fsp3) is 0.727. The van der Waals surface area contributed by atoms with E-state index in [1.807, 2.05) is 11.8 Å². The molecule has 2 N–H and O–H groups in total. The number of carbonyl (C=O) groups is 1. The number of nitrogens with zero attached hydrogens (tertiary/aromatic N) is 1. The molecule has 1 aliphatic heterocycles. The zero-order valence-electron chi connectivity index (χ0n) is 9.12. The van der Waals surface area contributed by atoms with Crippen molar-refractivity contribution in [3.05, 3.63) is 11.6 Å². The molecule has 3 nitrogen and oxygen atoms in total. The molecule has 0 fully saturated rings. The monoisotopic (exact) mass is 196 g/mol. The van der Waals surface area contributed by atoms with Gasteiger partial charge < -0.3 is 10.6 Å². The Morgan fingerprint density at radius 2 is 2.43 bits per heavy atom. The molecule has 0 saturated carbocycles. The van der Waals surface area contributed by atoms with Crippen LogP contribution in [0.15, 0.2) is 11.6 Å². The van der Waals surface area contributed by atoms with Crippen molar-refractivity contribution in [2.45, 2.75) is 26.7 Å². The van der Waals surface area contributed by atoms with Gasteiger partial charge in [0.05, 0.1) is 5.92 Å². The van der Waals surface area contributed by atoms with Gasteiger partial charge in [-0.05, 0) is 19.8 Å². The van der Waals surface area contributed by atoms with Gasteiger partial charge in [0, 0.05) is 19.6 Å². The van der Waals surface area contributed by atoms with Crippen LogP contribution in [0.5, 0.6) is 0 Å². The van der Waals surface area contributed by atoms with Crippen molar-refractivity contribution in [3.63, 3.8) is 0 Å². The van der Waals surface area contributed by atoms with Crippen molar-refractivity contribution in [1.29, 1.82) is 0 Å². The lowest BCUT2D eigenvalue weighted by Crippen LogP contribution is -2.41. The standard InChI is InChI=1S/C11H20N2O/c1-3-10(7-12)11(14)13-6-4-5-9(2)8-13/h5,10H,3-4,6-8,12H2,1-2H3. The Bertz CT molecular complexity index is 231. The smallest absolute Gasteiger partial charge is 0.227 e. The van der Waals surface area contributed by atoms with Gasteiger partial charge in [-0.1, -0.05) is 18.6 Å². The maximum absolute atomic E-state index is 11.9. The molecule has 0 aromatic carbocycles. The molecule has 0 radical (unpaired) electrons. The Morgan fingerprint density at radius 3 is 2.93 bits per heavy atom. The topological polar surface area (TPSA) is 46.3 Å². The lowest BCUT2D eigenvalue weighted by molar-refractivity contribution is -0.135. The van der Waals surface area contributed by atoms with Crippen molar-refractivity contribution in [2.75, 3.05) is 19.6 Å². The first-order chi connectivity index (χ1) is 6.69. The number of carbonyl (C=O) groups excluding carboxylic acids is 1. The molecule has 1 unspecified atom stereocenters. The summed E-state index contributed by atoms with van der Waals surface area (Å²) in [4.78, 5) is 13.9. The lowest BCUT2D eigenvalue weighted by atomic mass is 10.0. The second-order valence-electron chi connectivity index (χ2n) is 3.94. The highest BCUT2D eigenvalue weighted by Gasteiger charge is 2.22. The molecular weight excluding hydrogens is 176 g/mol. The van der Waals surface area contributed by atoms with Crippen LogP contribution in [0, 0.1) is 5.92 Å². The van der Waals surface area contributed by atoms with Crippen molar-refractivity contribution < 1.29 is 4.79 Å². The van der Waals surface area contributed by atoms with E-state index >= 15 is 0 Å². The number of amides is 1. The van der Waals surface area contributed by atoms with E-state index in [0.29, 0.717) is 6.54 Å². The van der Waals surface area contributed by atoms with Crippen LogP contribution in [-0.2, 0) is 4.79 Å². The number of hydrogen-bond donors (Lipinski definition) is 1. The van der Waals surface area contributed by atoms with Gasteiger partial charge in [-0.15, -0.1) is 0 Å². The van der Waals surface area contributed by atoms with Crippen LogP contribution >= 0.6 is 0 Å². The van der Waals surface area contributed by atoms with Crippen molar-refractivity contribution in [1.82, 2.24) is 4.90 Å². The molecule has 0 spiro atoms. The van der Waals surface area contributed by atoms with E-state index in [4.69, 9.17) is 5.73 Å². The van der Waals surface area contributed by atoms with Crippen LogP contribution in [0.3, 0.4) is 0 Å². The molecule has 1 heterocycles. The third-order valence-corrected chi connectivity index (χ3v) is 2.77. The predicted octanol–water partition coefficient (Wildman–Crippen LogP) is 1.15. The average molecular weight is 196 g/mol. The van der Waals surface area contributed by atoms with Gasteiger partial charge in [-0.2, -0.15) is 0 Å². The Kier molecular flexibility index (Phi) is 4.14. The minimum Gasteiger partial charge on any atom is -0.338 e. The highest BCUT2D eigenvalue weighted by molar-refractivity contribution is 5.79. The molecule has 0 aromatic heterocycles. The minimum atomic E-state index is 0.0147. The fourth-order valence-corrected chi connectivity index (χ4v) is 1.80. The van der Waals surface area contributed by atoms with Gasteiger partial charge in [0.25, 0.3) is 0 Å². The molecule has 0 saturated heterocycles. The van der Waals surface area contributed by atoms with Gasteiger partial charge in [0.2, 0.25) is 5.91 Å². The largest absolute Gasteiger partial charge is 0.338 e. The number of hydrogen-bond acceptors (Lipinski definition) is 2. The Hall–Kier alpha value is -0.830. The molecular formula is C11H20N2O. The molecule has 1 rings (SSSR count). The maximum atomic E-state index is 11.9. The van der Waals surface area contributed by atoms with Crippen LogP contribution in [0.4, 0.5) is 0 Å². The summed E-state index contributed by atoms with van der Waals surface area (Å²) in [5.41, 5.74) is 6.85. The summed E-state index contributed by atoms with van der Waals surface area (Å²) in [6.07, 6.45) is 4.03. The molecule has 1 aliphatic rings. The molecule has 0 aromatic rings. The molecule has 3 heteroatoms. The highest BCUT2D eigenvalue weighted by atomic mass is 16.2. The SMILES string of the molecule is CCC(CN)C(=O)N1CCC=C(C)C1. The Balaban J connectivity index is 2.56. The molecule has 0 aliphatic carbocycles. The van der Waals surface area contributed by atoms with E-state index in [1.165, 1.54) is 5.57 Å². The second kappa shape index (κ2) is 5.15. The van der Waals surface area contributed by atoms with Gasteiger partial charge in [0.1, 0.15) is 0 Å². The van der Waals surface area contributed by atoms with Crippen molar-refractivity contribution in [2.24, 2.45) is 11.7 Å². The van der Waals surface area contributed by atoms with E-state index < -0.39 is 0 Å². The second-order valence-corrected chi connectivity index (χ2v) is 3.94. The molecule has 80 valence electrons. The molecule has 0 bridgehead atoms. The summed E-state index contributed by atoms with van der Waals surface area (Å²) in [6.45, 7) is 6.20. The van der Waals surface area contributed by atoms with Crippen LogP contribution in [0.1, 0.15) is 26.7 Å². The highest BCUT2D eigenvalue weighted by Crippen LogP contribution is 2.13. The first-order valence-corrected chi connectivity index (χ1v) is 5.33. The lowest BCUT2D eigenvalue weighted by Gasteiger charge is -2.29. The fourth-order valence-electron chi connectivity index (χ4n) is 1.80. The van der Waals surface area contributed by atoms with Gasteiger partial charge >= 0.3 is 0 Å². The summed E-state index contributed by atoms with van der Waals surface area (Å²) >= 11 is 0. The third kappa shape index (κ3) is 2.58. The Morgan fingerprint density at radius 1 is 1.71 bits per heavy atom. The van der Waals surface area contributed by atoms with E-state index in [2.05, 4.69) is 13.0 Å². The van der Waals surface area contributed by atoms with E-state index in [9.17, 15) is 4.79 Å². The molecule has 1 amide bonds. The Labute approximate surface area is 86.0 Å². The quantitative estimate of drug-likeness (QED) is 0.688. The zero-order valence-corrected chi connectivity index (χ0v) is 9.12. The maximum Gasteiger partial charge on any atom is 0.227 e. The van der Waals surface area contributed by atoms with Gasteiger partial charge in [0.15, 0.2) is 0 Å². The van der Waals surface area contributed by atoms with Crippen molar-refractivity contribution >= 4 is 5.91 Å². The normalized spacial score (nSPS) is 19.1. The van der Waals surface area contributed by atoms with Crippen LogP contribution < -0.4 is 5.73 Å². The zero-order chi connectivity index (χ0) is 10.6. The predicted molar refractivity (Wildman–Crippen MR) is 57.8 cm³/mol. The van der Waals surface area contributed by atoms with Crippen molar-refractivity contribution in [3.8, 4) is 0 Å². The van der Waals surface area contributed by atoms with Crippen LogP contribution in [0.25, 0.3) is 0 Å². The van der Waals surface area contributed by atoms with Gasteiger partial charge in [-0.3, -0.25) is 4.79 Å². The van der Waals surface area contributed by atoms with Gasteiger partial charge in [-0.25, -0.2) is 0 Å². The van der Waals surface area contributed by atoms with E-state index in [-0.39, 0.29) is 11.8 Å².